The molecule has 0 nitrogen and oxygen atoms in total. The Hall–Kier alpha value is -0.540. The lowest BCUT2D eigenvalue weighted by molar-refractivity contribution is -0.597. The van der Waals surface area contributed by atoms with Gasteiger partial charge in [0, 0.05) is 5.02 Å². The highest BCUT2D eigenvalue weighted by molar-refractivity contribution is 6.30. The van der Waals surface area contributed by atoms with E-state index in [9.17, 15) is 0 Å². The zero-order chi connectivity index (χ0) is 9.80. The first-order chi connectivity index (χ1) is 6.84. The largest absolute Gasteiger partial charge is 0.357 e. The first kappa shape index (κ1) is 9.99. The Morgan fingerprint density at radius 2 is 1.29 bits per heavy atom. The molecule has 2 rings (SSSR count). The molecule has 0 saturated heterocycles. The summed E-state index contributed by atoms with van der Waals surface area (Å²) in [7, 11) is 0. The van der Waals surface area contributed by atoms with Crippen LogP contribution in [0.1, 0.15) is 0 Å². The molecule has 0 radical (unpaired) electrons. The molecule has 2 aromatic rings. The topological polar surface area (TPSA) is 0 Å². The predicted octanol–water partition coefficient (Wildman–Crippen LogP) is 0.468. The van der Waals surface area contributed by atoms with Crippen molar-refractivity contribution in [3.63, 3.8) is 0 Å². The second-order valence-electron chi connectivity index (χ2n) is 2.83. The summed E-state index contributed by atoms with van der Waals surface area (Å²) in [5.74, 6) is 0. The Kier molecular flexibility index (Phi) is 3.43. The van der Waals surface area contributed by atoms with Crippen LogP contribution in [0, 0.1) is 7.14 Å². The average Bonchev–Trinajstić information content (AvgIpc) is 2.23. The molecule has 0 unspecified atom stereocenters. The molecule has 0 heterocycles. The van der Waals surface area contributed by atoms with E-state index in [1.54, 1.807) is 0 Å². The van der Waals surface area contributed by atoms with E-state index < -0.39 is 0 Å². The number of halogens is 2. The number of rotatable bonds is 2. The Labute approximate surface area is 99.2 Å². The van der Waals surface area contributed by atoms with Gasteiger partial charge in [0.1, 0.15) is 0 Å². The van der Waals surface area contributed by atoms with Crippen LogP contribution in [0.15, 0.2) is 54.6 Å². The second-order valence-corrected chi connectivity index (χ2v) is 6.29. The molecule has 0 aromatic heterocycles. The van der Waals surface area contributed by atoms with Crippen molar-refractivity contribution in [3.05, 3.63) is 66.8 Å². The molecule has 0 aliphatic carbocycles. The summed E-state index contributed by atoms with van der Waals surface area (Å²) < 4.78 is 2.84. The molecule has 0 atom stereocenters. The van der Waals surface area contributed by atoms with E-state index in [1.165, 1.54) is 7.14 Å². The van der Waals surface area contributed by atoms with E-state index in [-0.39, 0.29) is 21.2 Å². The van der Waals surface area contributed by atoms with Crippen molar-refractivity contribution in [1.82, 2.24) is 0 Å². The van der Waals surface area contributed by atoms with Crippen molar-refractivity contribution < 1.29 is 21.2 Å². The molecule has 2 heteroatoms. The third-order valence-electron chi connectivity index (χ3n) is 1.75. The molecule has 0 aliphatic rings. The monoisotopic (exact) mass is 315 g/mol. The maximum atomic E-state index is 5.83. The van der Waals surface area contributed by atoms with Crippen molar-refractivity contribution >= 4 is 11.6 Å². The quantitative estimate of drug-likeness (QED) is 0.707. The summed E-state index contributed by atoms with van der Waals surface area (Å²) in [4.78, 5) is 0. The first-order valence-corrected chi connectivity index (χ1v) is 6.83. The molecule has 0 bridgehead atoms. The summed E-state index contributed by atoms with van der Waals surface area (Å²) in [5, 5.41) is 0.811. The zero-order valence-electron chi connectivity index (χ0n) is 7.45. The molecule has 14 heavy (non-hydrogen) atoms. The minimum absolute atomic E-state index is 0.0427. The van der Waals surface area contributed by atoms with Gasteiger partial charge in [-0.1, -0.05) is 29.8 Å². The lowest BCUT2D eigenvalue weighted by atomic mass is 10.4. The first-order valence-electron chi connectivity index (χ1n) is 4.30. The molecule has 70 valence electrons. The van der Waals surface area contributed by atoms with Gasteiger partial charge in [0.2, 0.25) is 0 Å². The number of hydrogen-bond donors (Lipinski definition) is 0. The summed E-state index contributed by atoms with van der Waals surface area (Å²) in [6.45, 7) is 0. The lowest BCUT2D eigenvalue weighted by Gasteiger charge is -1.87. The van der Waals surface area contributed by atoms with Crippen molar-refractivity contribution in [1.29, 1.82) is 0 Å². The SMILES string of the molecule is Clc1ccc([I+]c2ccccc2)cc1. The number of benzene rings is 2. The van der Waals surface area contributed by atoms with Gasteiger partial charge in [0.15, 0.2) is 7.14 Å². The maximum absolute atomic E-state index is 5.83. The highest BCUT2D eigenvalue weighted by atomic mass is 127. The molecule has 0 amide bonds. The fourth-order valence-electron chi connectivity index (χ4n) is 1.10. The van der Waals surface area contributed by atoms with E-state index in [2.05, 4.69) is 42.5 Å². The lowest BCUT2D eigenvalue weighted by Crippen LogP contribution is -3.61. The number of hydrogen-bond acceptors (Lipinski definition) is 0. The maximum Gasteiger partial charge on any atom is 0.357 e. The van der Waals surface area contributed by atoms with Gasteiger partial charge in [-0.25, -0.2) is 0 Å². The molecule has 0 saturated carbocycles. The molecular weight excluding hydrogens is 306 g/mol. The van der Waals surface area contributed by atoms with Gasteiger partial charge in [-0.2, -0.15) is 0 Å². The Morgan fingerprint density at radius 3 is 1.93 bits per heavy atom. The second kappa shape index (κ2) is 4.80. The third kappa shape index (κ3) is 2.72. The summed E-state index contributed by atoms with van der Waals surface area (Å²) in [6.07, 6.45) is 0. The standard InChI is InChI=1S/C12H9ClI/c13-10-6-8-12(9-7-10)14-11-4-2-1-3-5-11/h1-9H/q+1. The Balaban J connectivity index is 2.16. The van der Waals surface area contributed by atoms with Crippen LogP contribution >= 0.6 is 11.6 Å². The predicted molar refractivity (Wildman–Crippen MR) is 55.3 cm³/mol. The third-order valence-corrected chi connectivity index (χ3v) is 4.69. The average molecular weight is 316 g/mol. The molecule has 0 fully saturated rings. The normalized spacial score (nSPS) is 10.1. The summed E-state index contributed by atoms with van der Waals surface area (Å²) in [5.41, 5.74) is 0. The van der Waals surface area contributed by atoms with Crippen LogP contribution in [0.4, 0.5) is 0 Å². The van der Waals surface area contributed by atoms with Gasteiger partial charge in [0.05, 0.1) is 0 Å². The van der Waals surface area contributed by atoms with E-state index >= 15 is 0 Å². The van der Waals surface area contributed by atoms with Gasteiger partial charge >= 0.3 is 21.2 Å². The fourth-order valence-corrected chi connectivity index (χ4v) is 3.44. The van der Waals surface area contributed by atoms with Gasteiger partial charge in [-0.15, -0.1) is 0 Å². The zero-order valence-corrected chi connectivity index (χ0v) is 10.4. The highest BCUT2D eigenvalue weighted by Gasteiger charge is 2.13. The van der Waals surface area contributed by atoms with Crippen LogP contribution in [0.5, 0.6) is 0 Å². The van der Waals surface area contributed by atoms with Crippen molar-refractivity contribution in [2.75, 3.05) is 0 Å². The van der Waals surface area contributed by atoms with Crippen LogP contribution in [0.25, 0.3) is 0 Å². The van der Waals surface area contributed by atoms with Crippen molar-refractivity contribution in [3.8, 4) is 0 Å². The van der Waals surface area contributed by atoms with Crippen LogP contribution in [-0.2, 0) is 0 Å². The van der Waals surface area contributed by atoms with Gasteiger partial charge < -0.3 is 0 Å². The highest BCUT2D eigenvalue weighted by Crippen LogP contribution is 2.04. The van der Waals surface area contributed by atoms with Gasteiger partial charge in [0.25, 0.3) is 0 Å². The minimum Gasteiger partial charge on any atom is -0.0843 e. The fraction of sp³-hybridized carbons (Fsp3) is 0. The Morgan fingerprint density at radius 1 is 0.714 bits per heavy atom. The Bertz CT molecular complexity index is 394. The summed E-state index contributed by atoms with van der Waals surface area (Å²) >= 11 is 5.78. The van der Waals surface area contributed by atoms with E-state index in [1.807, 2.05) is 12.1 Å². The minimum atomic E-state index is -0.0427. The molecular formula is C12H9ClI+. The molecule has 0 spiro atoms. The van der Waals surface area contributed by atoms with Crippen molar-refractivity contribution in [2.45, 2.75) is 0 Å². The van der Waals surface area contributed by atoms with Crippen LogP contribution in [-0.4, -0.2) is 0 Å². The van der Waals surface area contributed by atoms with E-state index in [4.69, 9.17) is 11.6 Å². The molecule has 0 N–H and O–H groups in total. The van der Waals surface area contributed by atoms with Gasteiger partial charge in [-0.3, -0.25) is 0 Å². The van der Waals surface area contributed by atoms with Gasteiger partial charge in [-0.05, 0) is 36.4 Å². The van der Waals surface area contributed by atoms with E-state index in [0.717, 1.165) is 5.02 Å². The van der Waals surface area contributed by atoms with Crippen molar-refractivity contribution in [2.24, 2.45) is 0 Å². The molecule has 2 aromatic carbocycles. The smallest absolute Gasteiger partial charge is 0.0843 e. The van der Waals surface area contributed by atoms with Crippen LogP contribution < -0.4 is 21.2 Å². The van der Waals surface area contributed by atoms with Crippen LogP contribution in [0.2, 0.25) is 5.02 Å². The van der Waals surface area contributed by atoms with Crippen LogP contribution in [0.3, 0.4) is 0 Å². The molecule has 0 aliphatic heterocycles. The summed E-state index contributed by atoms with van der Waals surface area (Å²) in [6, 6.07) is 18.7. The van der Waals surface area contributed by atoms with E-state index in [0.29, 0.717) is 0 Å².